The molecular formula is C32H32F4N6O2. The van der Waals surface area contributed by atoms with Crippen LogP contribution in [0.4, 0.5) is 40.8 Å². The zero-order chi connectivity index (χ0) is 30.7. The van der Waals surface area contributed by atoms with Crippen LogP contribution < -0.4 is 20.4 Å². The van der Waals surface area contributed by atoms with Gasteiger partial charge in [-0.25, -0.2) is 9.37 Å². The monoisotopic (exact) mass is 608 g/mol. The summed E-state index contributed by atoms with van der Waals surface area (Å²) in [5.74, 6) is -1.26. The molecule has 12 heteroatoms. The number of carbonyl (C=O) groups is 1. The van der Waals surface area contributed by atoms with E-state index in [1.54, 1.807) is 35.2 Å². The van der Waals surface area contributed by atoms with Crippen LogP contribution >= 0.6 is 0 Å². The average molecular weight is 609 g/mol. The summed E-state index contributed by atoms with van der Waals surface area (Å²) in [4.78, 5) is 24.8. The van der Waals surface area contributed by atoms with Crippen molar-refractivity contribution in [2.24, 2.45) is 0 Å². The lowest BCUT2D eigenvalue weighted by atomic mass is 9.90. The lowest BCUT2D eigenvalue weighted by Gasteiger charge is -2.33. The molecule has 2 fully saturated rings. The summed E-state index contributed by atoms with van der Waals surface area (Å²) >= 11 is 0. The minimum atomic E-state index is -4.87. The maximum absolute atomic E-state index is 14.0. The fraction of sp³-hybridized carbons (Fsp3) is 0.344. The van der Waals surface area contributed by atoms with Gasteiger partial charge in [-0.2, -0.15) is 18.2 Å². The predicted octanol–water partition coefficient (Wildman–Crippen LogP) is 6.94. The van der Waals surface area contributed by atoms with Crippen LogP contribution in [0.2, 0.25) is 0 Å². The second kappa shape index (κ2) is 12.6. The Morgan fingerprint density at radius 1 is 0.864 bits per heavy atom. The molecule has 2 N–H and O–H groups in total. The number of amides is 1. The number of benzene rings is 2. The van der Waals surface area contributed by atoms with E-state index in [4.69, 9.17) is 4.42 Å². The number of carbonyl (C=O) groups excluding carboxylic acids is 1. The summed E-state index contributed by atoms with van der Waals surface area (Å²) in [6.45, 7) is 2.28. The summed E-state index contributed by atoms with van der Waals surface area (Å²) in [6, 6.07) is 19.7. The summed E-state index contributed by atoms with van der Waals surface area (Å²) in [6.07, 6.45) is -0.471. The van der Waals surface area contributed by atoms with E-state index in [0.29, 0.717) is 43.6 Å². The first-order valence-electron chi connectivity index (χ1n) is 14.7. The fourth-order valence-electron chi connectivity index (χ4n) is 5.81. The standard InChI is InChI=1S/C32H32F4N6O2/c33-25-8-4-5-9-26(25)38-23-14-18-41(19-15-23)27-11-10-24(20-37-27)39-30(43)28-29(32(34,35)36)40-31(44-28)42-16-12-22(13-17-42)21-6-2-1-3-7-21/h1-11,20,22-23,38H,12-19H2,(H,39,43). The molecule has 1 amide bonds. The Hall–Kier alpha value is -4.61. The minimum Gasteiger partial charge on any atom is -0.417 e. The smallest absolute Gasteiger partial charge is 0.417 e. The highest BCUT2D eigenvalue weighted by molar-refractivity contribution is 6.03. The quantitative estimate of drug-likeness (QED) is 0.220. The van der Waals surface area contributed by atoms with Gasteiger partial charge in [0, 0.05) is 32.2 Å². The van der Waals surface area contributed by atoms with Crippen molar-refractivity contribution >= 4 is 29.1 Å². The van der Waals surface area contributed by atoms with Gasteiger partial charge >= 0.3 is 6.18 Å². The lowest BCUT2D eigenvalue weighted by Crippen LogP contribution is -2.39. The largest absolute Gasteiger partial charge is 0.437 e. The molecule has 44 heavy (non-hydrogen) atoms. The van der Waals surface area contributed by atoms with Gasteiger partial charge < -0.3 is 24.9 Å². The summed E-state index contributed by atoms with van der Waals surface area (Å²) in [5, 5.41) is 5.71. The van der Waals surface area contributed by atoms with E-state index in [0.717, 1.165) is 25.7 Å². The lowest BCUT2D eigenvalue weighted by molar-refractivity contribution is -0.141. The van der Waals surface area contributed by atoms with Crippen LogP contribution in [0.5, 0.6) is 0 Å². The Kier molecular flexibility index (Phi) is 8.40. The number of aromatic nitrogens is 2. The van der Waals surface area contributed by atoms with E-state index in [1.807, 2.05) is 30.3 Å². The Balaban J connectivity index is 1.07. The molecular weight excluding hydrogens is 576 g/mol. The van der Waals surface area contributed by atoms with Crippen LogP contribution in [-0.2, 0) is 6.18 Å². The molecule has 8 nitrogen and oxygen atoms in total. The first-order chi connectivity index (χ1) is 21.2. The van der Waals surface area contributed by atoms with Crippen LogP contribution in [0.25, 0.3) is 0 Å². The zero-order valence-electron chi connectivity index (χ0n) is 23.9. The van der Waals surface area contributed by atoms with Gasteiger partial charge in [0.25, 0.3) is 11.9 Å². The number of piperidine rings is 2. The number of nitrogens with one attached hydrogen (secondary N) is 2. The fourth-order valence-corrected chi connectivity index (χ4v) is 5.81. The van der Waals surface area contributed by atoms with Crippen molar-refractivity contribution in [2.45, 2.75) is 43.8 Å². The number of oxazole rings is 1. The number of pyridine rings is 1. The molecule has 6 rings (SSSR count). The van der Waals surface area contributed by atoms with Crippen LogP contribution in [0.3, 0.4) is 0 Å². The highest BCUT2D eigenvalue weighted by Crippen LogP contribution is 2.36. The molecule has 0 saturated carbocycles. The number of hydrogen-bond acceptors (Lipinski definition) is 7. The highest BCUT2D eigenvalue weighted by Gasteiger charge is 2.42. The highest BCUT2D eigenvalue weighted by atomic mass is 19.4. The van der Waals surface area contributed by atoms with Crippen LogP contribution in [0.1, 0.15) is 53.4 Å². The number of hydrogen-bond donors (Lipinski definition) is 2. The summed E-state index contributed by atoms with van der Waals surface area (Å²) < 4.78 is 61.1. The molecule has 0 spiro atoms. The molecule has 2 aliphatic heterocycles. The molecule has 0 radical (unpaired) electrons. The Morgan fingerprint density at radius 2 is 1.55 bits per heavy atom. The van der Waals surface area contributed by atoms with Crippen molar-refractivity contribution in [3.8, 4) is 0 Å². The number of alkyl halides is 3. The number of halogens is 4. The van der Waals surface area contributed by atoms with Crippen molar-refractivity contribution in [3.63, 3.8) is 0 Å². The maximum atomic E-state index is 14.0. The van der Waals surface area contributed by atoms with Gasteiger partial charge in [0.15, 0.2) is 5.69 Å². The number of para-hydroxylation sites is 1. The zero-order valence-corrected chi connectivity index (χ0v) is 23.9. The molecule has 2 saturated heterocycles. The molecule has 2 aliphatic rings. The molecule has 230 valence electrons. The van der Waals surface area contributed by atoms with E-state index in [2.05, 4.69) is 25.5 Å². The molecule has 4 aromatic rings. The van der Waals surface area contributed by atoms with Crippen molar-refractivity contribution in [1.82, 2.24) is 9.97 Å². The van der Waals surface area contributed by atoms with E-state index in [9.17, 15) is 22.4 Å². The molecule has 0 aliphatic carbocycles. The van der Waals surface area contributed by atoms with Gasteiger partial charge in [-0.3, -0.25) is 4.79 Å². The topological polar surface area (TPSA) is 86.5 Å². The maximum Gasteiger partial charge on any atom is 0.437 e. The van der Waals surface area contributed by atoms with Gasteiger partial charge in [-0.05, 0) is 61.4 Å². The van der Waals surface area contributed by atoms with Crippen LogP contribution in [-0.4, -0.2) is 48.1 Å². The first kappa shape index (κ1) is 29.5. The van der Waals surface area contributed by atoms with Crippen LogP contribution in [0.15, 0.2) is 77.3 Å². The van der Waals surface area contributed by atoms with Gasteiger partial charge in [0.1, 0.15) is 11.6 Å². The third-order valence-electron chi connectivity index (χ3n) is 8.19. The number of anilines is 4. The number of rotatable bonds is 7. The second-order valence-corrected chi connectivity index (χ2v) is 11.1. The Bertz CT molecular complexity index is 1560. The van der Waals surface area contributed by atoms with E-state index in [-0.39, 0.29) is 23.6 Å². The van der Waals surface area contributed by atoms with E-state index in [1.165, 1.54) is 17.8 Å². The molecule has 0 bridgehead atoms. The van der Waals surface area contributed by atoms with Crippen LogP contribution in [0, 0.1) is 5.82 Å². The van der Waals surface area contributed by atoms with Gasteiger partial charge in [0.05, 0.1) is 17.6 Å². The van der Waals surface area contributed by atoms with Crippen molar-refractivity contribution in [1.29, 1.82) is 0 Å². The van der Waals surface area contributed by atoms with Crippen molar-refractivity contribution in [3.05, 3.63) is 95.8 Å². The van der Waals surface area contributed by atoms with Gasteiger partial charge in [-0.1, -0.05) is 42.5 Å². The minimum absolute atomic E-state index is 0.117. The summed E-state index contributed by atoms with van der Waals surface area (Å²) in [7, 11) is 0. The second-order valence-electron chi connectivity index (χ2n) is 11.1. The molecule has 2 aromatic heterocycles. The molecule has 4 heterocycles. The predicted molar refractivity (Wildman–Crippen MR) is 160 cm³/mol. The molecule has 2 aromatic carbocycles. The molecule has 0 atom stereocenters. The molecule has 0 unspecified atom stereocenters. The SMILES string of the molecule is O=C(Nc1ccc(N2CCC(Nc3ccccc3F)CC2)nc1)c1oc(N2CCC(c3ccccc3)CC2)nc1C(F)(F)F. The first-order valence-corrected chi connectivity index (χ1v) is 14.7. The summed E-state index contributed by atoms with van der Waals surface area (Å²) in [5.41, 5.74) is 0.539. The van der Waals surface area contributed by atoms with E-state index >= 15 is 0 Å². The van der Waals surface area contributed by atoms with Gasteiger partial charge in [0.2, 0.25) is 5.76 Å². The third kappa shape index (κ3) is 6.63. The Labute approximate surface area is 252 Å². The number of nitrogens with zero attached hydrogens (tertiary/aromatic N) is 4. The van der Waals surface area contributed by atoms with Crippen molar-refractivity contribution in [2.75, 3.05) is 46.6 Å². The average Bonchev–Trinajstić information content (AvgIpc) is 3.51. The van der Waals surface area contributed by atoms with Gasteiger partial charge in [-0.15, -0.1) is 0 Å². The van der Waals surface area contributed by atoms with Crippen molar-refractivity contribution < 1.29 is 26.8 Å². The third-order valence-corrected chi connectivity index (χ3v) is 8.19. The Morgan fingerprint density at radius 3 is 2.20 bits per heavy atom. The van der Waals surface area contributed by atoms with E-state index < -0.39 is 23.5 Å². The normalized spacial score (nSPS) is 16.6.